The molecular weight excluding hydrogens is 108 g/mol. The van der Waals surface area contributed by atoms with Crippen LogP contribution in [0.5, 0.6) is 0 Å². The van der Waals surface area contributed by atoms with Gasteiger partial charge in [-0.2, -0.15) is 0 Å². The molecule has 0 amide bonds. The van der Waals surface area contributed by atoms with Gasteiger partial charge in [-0.05, 0) is 18.8 Å². The lowest BCUT2D eigenvalue weighted by Gasteiger charge is -2.04. The Balaban J connectivity index is 2.99. The fraction of sp³-hybridized carbons (Fsp3) is 0.778. The molecule has 0 nitrogen and oxygen atoms in total. The molecule has 0 bridgehead atoms. The quantitative estimate of drug-likeness (QED) is 0.399. The average Bonchev–Trinajstić information content (AvgIpc) is 1.89. The van der Waals surface area contributed by atoms with Crippen LogP contribution in [0.4, 0.5) is 0 Å². The molecule has 0 rings (SSSR count). The summed E-state index contributed by atoms with van der Waals surface area (Å²) in [6, 6.07) is 0. The Bertz CT molecular complexity index is 86.7. The normalized spacial score (nSPS) is 12.6. The maximum atomic E-state index is 5.11. The van der Waals surface area contributed by atoms with Gasteiger partial charge in [0, 0.05) is 6.42 Å². The molecule has 0 aromatic carbocycles. The molecule has 0 spiro atoms. The summed E-state index contributed by atoms with van der Waals surface area (Å²) >= 11 is 0. The van der Waals surface area contributed by atoms with Crippen LogP contribution in [0.1, 0.15) is 39.5 Å². The van der Waals surface area contributed by atoms with Gasteiger partial charge in [-0.25, -0.2) is 0 Å². The lowest BCUT2D eigenvalue weighted by Crippen LogP contribution is -1.90. The van der Waals surface area contributed by atoms with E-state index in [2.05, 4.69) is 19.8 Å². The maximum absolute atomic E-state index is 5.11. The van der Waals surface area contributed by atoms with Crippen molar-refractivity contribution < 1.29 is 0 Å². The SMILES string of the molecule is C#CCCC[C@H](C)CC. The van der Waals surface area contributed by atoms with Crippen LogP contribution in [0.3, 0.4) is 0 Å². The fourth-order valence-corrected chi connectivity index (χ4v) is 0.757. The number of rotatable bonds is 4. The number of terminal acetylenes is 1. The first kappa shape index (κ1) is 8.56. The molecule has 0 aromatic rings. The van der Waals surface area contributed by atoms with Crippen LogP contribution in [-0.2, 0) is 0 Å². The molecule has 0 radical (unpaired) electrons. The van der Waals surface area contributed by atoms with E-state index in [0.717, 1.165) is 12.3 Å². The zero-order valence-corrected chi connectivity index (χ0v) is 6.48. The minimum atomic E-state index is 0.860. The highest BCUT2D eigenvalue weighted by atomic mass is 14.0. The van der Waals surface area contributed by atoms with Crippen molar-refractivity contribution in [2.45, 2.75) is 39.5 Å². The van der Waals surface area contributed by atoms with Crippen molar-refractivity contribution >= 4 is 0 Å². The predicted octanol–water partition coefficient (Wildman–Crippen LogP) is 2.84. The van der Waals surface area contributed by atoms with E-state index in [0.29, 0.717) is 0 Å². The number of hydrogen-bond acceptors (Lipinski definition) is 0. The zero-order chi connectivity index (χ0) is 7.11. The molecule has 0 unspecified atom stereocenters. The molecule has 0 aliphatic heterocycles. The summed E-state index contributed by atoms with van der Waals surface area (Å²) in [7, 11) is 0. The molecule has 0 heteroatoms. The lowest BCUT2D eigenvalue weighted by molar-refractivity contribution is 0.500. The highest BCUT2D eigenvalue weighted by Gasteiger charge is 1.95. The van der Waals surface area contributed by atoms with Crippen molar-refractivity contribution in [3.05, 3.63) is 0 Å². The van der Waals surface area contributed by atoms with Gasteiger partial charge in [0.15, 0.2) is 0 Å². The predicted molar refractivity (Wildman–Crippen MR) is 42.1 cm³/mol. The summed E-state index contributed by atoms with van der Waals surface area (Å²) in [5.74, 6) is 3.51. The van der Waals surface area contributed by atoms with Crippen molar-refractivity contribution in [1.82, 2.24) is 0 Å². The fourth-order valence-electron chi connectivity index (χ4n) is 0.757. The first-order chi connectivity index (χ1) is 4.31. The van der Waals surface area contributed by atoms with E-state index in [1.807, 2.05) is 0 Å². The minimum absolute atomic E-state index is 0.860. The smallest absolute Gasteiger partial charge is 0.00861 e. The second kappa shape index (κ2) is 5.69. The van der Waals surface area contributed by atoms with Gasteiger partial charge in [-0.1, -0.05) is 20.3 Å². The first-order valence-electron chi connectivity index (χ1n) is 3.74. The van der Waals surface area contributed by atoms with Gasteiger partial charge in [0.25, 0.3) is 0 Å². The third-order valence-corrected chi connectivity index (χ3v) is 1.71. The van der Waals surface area contributed by atoms with Gasteiger partial charge in [0.05, 0.1) is 0 Å². The number of unbranched alkanes of at least 4 members (excludes halogenated alkanes) is 1. The van der Waals surface area contributed by atoms with Gasteiger partial charge in [-0.15, -0.1) is 12.3 Å². The summed E-state index contributed by atoms with van der Waals surface area (Å²) in [4.78, 5) is 0. The van der Waals surface area contributed by atoms with Crippen LogP contribution < -0.4 is 0 Å². The van der Waals surface area contributed by atoms with Gasteiger partial charge >= 0.3 is 0 Å². The van der Waals surface area contributed by atoms with Gasteiger partial charge in [0.1, 0.15) is 0 Å². The van der Waals surface area contributed by atoms with Gasteiger partial charge in [-0.3, -0.25) is 0 Å². The number of hydrogen-bond donors (Lipinski definition) is 0. The molecule has 0 fully saturated rings. The lowest BCUT2D eigenvalue weighted by atomic mass is 10.0. The second-order valence-corrected chi connectivity index (χ2v) is 2.61. The van der Waals surface area contributed by atoms with Gasteiger partial charge < -0.3 is 0 Å². The zero-order valence-electron chi connectivity index (χ0n) is 6.48. The van der Waals surface area contributed by atoms with E-state index in [-0.39, 0.29) is 0 Å². The molecule has 9 heavy (non-hydrogen) atoms. The molecular formula is C9H16. The van der Waals surface area contributed by atoms with Crippen LogP contribution in [-0.4, -0.2) is 0 Å². The Morgan fingerprint density at radius 3 is 2.67 bits per heavy atom. The van der Waals surface area contributed by atoms with E-state index in [1.54, 1.807) is 0 Å². The monoisotopic (exact) mass is 124 g/mol. The Hall–Kier alpha value is -0.440. The molecule has 0 heterocycles. The Kier molecular flexibility index (Phi) is 5.41. The maximum Gasteiger partial charge on any atom is 0.00861 e. The van der Waals surface area contributed by atoms with Crippen molar-refractivity contribution in [2.75, 3.05) is 0 Å². The highest BCUT2D eigenvalue weighted by Crippen LogP contribution is 2.09. The molecule has 0 aliphatic rings. The van der Waals surface area contributed by atoms with E-state index in [1.165, 1.54) is 19.3 Å². The second-order valence-electron chi connectivity index (χ2n) is 2.61. The Labute approximate surface area is 58.7 Å². The molecule has 0 saturated heterocycles. The third-order valence-electron chi connectivity index (χ3n) is 1.71. The van der Waals surface area contributed by atoms with Crippen LogP contribution in [0.15, 0.2) is 0 Å². The standard InChI is InChI=1S/C9H16/c1-4-6-7-8-9(3)5-2/h1,9H,5-8H2,2-3H3/t9-/m1/s1. The molecule has 0 N–H and O–H groups in total. The summed E-state index contributed by atoms with van der Waals surface area (Å²) in [6.07, 6.45) is 9.83. The van der Waals surface area contributed by atoms with Crippen molar-refractivity contribution in [3.8, 4) is 12.3 Å². The van der Waals surface area contributed by atoms with Crippen LogP contribution in [0.25, 0.3) is 0 Å². The van der Waals surface area contributed by atoms with Crippen LogP contribution >= 0.6 is 0 Å². The van der Waals surface area contributed by atoms with Crippen molar-refractivity contribution in [3.63, 3.8) is 0 Å². The van der Waals surface area contributed by atoms with Gasteiger partial charge in [0.2, 0.25) is 0 Å². The topological polar surface area (TPSA) is 0 Å². The van der Waals surface area contributed by atoms with E-state index in [9.17, 15) is 0 Å². The molecule has 1 atom stereocenters. The highest BCUT2D eigenvalue weighted by molar-refractivity contribution is 4.82. The molecule has 0 saturated carbocycles. The Morgan fingerprint density at radius 2 is 2.22 bits per heavy atom. The molecule has 0 aliphatic carbocycles. The van der Waals surface area contributed by atoms with E-state index >= 15 is 0 Å². The van der Waals surface area contributed by atoms with Crippen LogP contribution in [0, 0.1) is 18.3 Å². The minimum Gasteiger partial charge on any atom is -0.120 e. The largest absolute Gasteiger partial charge is 0.120 e. The van der Waals surface area contributed by atoms with Crippen molar-refractivity contribution in [2.24, 2.45) is 5.92 Å². The summed E-state index contributed by atoms with van der Waals surface area (Å²) < 4.78 is 0. The average molecular weight is 124 g/mol. The van der Waals surface area contributed by atoms with Crippen LogP contribution in [0.2, 0.25) is 0 Å². The van der Waals surface area contributed by atoms with E-state index < -0.39 is 0 Å². The summed E-state index contributed by atoms with van der Waals surface area (Å²) in [5.41, 5.74) is 0. The summed E-state index contributed by atoms with van der Waals surface area (Å²) in [5, 5.41) is 0. The Morgan fingerprint density at radius 1 is 1.56 bits per heavy atom. The third kappa shape index (κ3) is 5.43. The first-order valence-corrected chi connectivity index (χ1v) is 3.74. The molecule has 0 aromatic heterocycles. The summed E-state index contributed by atoms with van der Waals surface area (Å²) in [6.45, 7) is 4.50. The van der Waals surface area contributed by atoms with Crippen molar-refractivity contribution in [1.29, 1.82) is 0 Å². The van der Waals surface area contributed by atoms with E-state index in [4.69, 9.17) is 6.42 Å². The molecule has 52 valence electrons.